The summed E-state index contributed by atoms with van der Waals surface area (Å²) in [5.74, 6) is 1.10. The minimum Gasteiger partial charge on any atom is -0.486 e. The number of nitrogens with zero attached hydrogens (tertiary/aromatic N) is 1. The Morgan fingerprint density at radius 1 is 1.13 bits per heavy atom. The number of benzene rings is 2. The number of furan rings is 1. The Kier molecular flexibility index (Phi) is 8.31. The van der Waals surface area contributed by atoms with Crippen molar-refractivity contribution in [1.29, 1.82) is 0 Å². The van der Waals surface area contributed by atoms with Gasteiger partial charge in [0.1, 0.15) is 23.9 Å². The Balaban J connectivity index is 1.30. The van der Waals surface area contributed by atoms with Crippen LogP contribution < -0.4 is 10.1 Å². The van der Waals surface area contributed by atoms with E-state index in [4.69, 9.17) is 13.9 Å². The van der Waals surface area contributed by atoms with Crippen LogP contribution in [-0.4, -0.2) is 42.5 Å². The van der Waals surface area contributed by atoms with E-state index in [-0.39, 0.29) is 48.1 Å². The first kappa shape index (κ1) is 26.9. The van der Waals surface area contributed by atoms with E-state index in [0.717, 1.165) is 42.6 Å². The SMILES string of the molecule is CC(C)CC(=O)N1CCc2ccc(OCc3ccc(C(=O)NC[C@@H]4CCCO4)o3)cc2[C@H]1c1ccc(F)cc1. The van der Waals surface area contributed by atoms with Crippen molar-refractivity contribution in [1.82, 2.24) is 10.2 Å². The summed E-state index contributed by atoms with van der Waals surface area (Å²) >= 11 is 0. The molecule has 3 aromatic rings. The van der Waals surface area contributed by atoms with E-state index in [1.807, 2.05) is 36.9 Å². The van der Waals surface area contributed by atoms with Crippen LogP contribution in [0.5, 0.6) is 5.75 Å². The molecule has 0 saturated carbocycles. The third-order valence-corrected chi connectivity index (χ3v) is 7.22. The van der Waals surface area contributed by atoms with Gasteiger partial charge in [-0.3, -0.25) is 9.59 Å². The quantitative estimate of drug-likeness (QED) is 0.396. The van der Waals surface area contributed by atoms with Crippen molar-refractivity contribution in [3.8, 4) is 5.75 Å². The summed E-state index contributed by atoms with van der Waals surface area (Å²) in [5, 5.41) is 2.86. The summed E-state index contributed by atoms with van der Waals surface area (Å²) in [6.07, 6.45) is 3.21. The normalized spacial score (nSPS) is 18.7. The molecule has 1 N–H and O–H groups in total. The van der Waals surface area contributed by atoms with Crippen LogP contribution in [0, 0.1) is 11.7 Å². The van der Waals surface area contributed by atoms with Crippen molar-refractivity contribution in [3.63, 3.8) is 0 Å². The number of amides is 2. The van der Waals surface area contributed by atoms with Crippen molar-refractivity contribution in [3.05, 3.63) is 88.6 Å². The number of fused-ring (bicyclic) bond motifs is 1. The largest absolute Gasteiger partial charge is 0.486 e. The van der Waals surface area contributed by atoms with Gasteiger partial charge in [-0.05, 0) is 78.3 Å². The molecule has 0 radical (unpaired) electrons. The topological polar surface area (TPSA) is 81.0 Å². The molecule has 3 heterocycles. The smallest absolute Gasteiger partial charge is 0.287 e. The zero-order valence-corrected chi connectivity index (χ0v) is 22.5. The third-order valence-electron chi connectivity index (χ3n) is 7.22. The summed E-state index contributed by atoms with van der Waals surface area (Å²) in [7, 11) is 0. The minimum atomic E-state index is -0.327. The predicted molar refractivity (Wildman–Crippen MR) is 144 cm³/mol. The Labute approximate surface area is 228 Å². The lowest BCUT2D eigenvalue weighted by Crippen LogP contribution is -2.41. The highest BCUT2D eigenvalue weighted by molar-refractivity contribution is 5.91. The number of carbonyl (C=O) groups excluding carboxylic acids is 2. The van der Waals surface area contributed by atoms with Crippen LogP contribution in [0.4, 0.5) is 4.39 Å². The van der Waals surface area contributed by atoms with Gasteiger partial charge in [-0.2, -0.15) is 0 Å². The molecular formula is C31H35FN2O5. The summed E-state index contributed by atoms with van der Waals surface area (Å²) in [6.45, 7) is 6.01. The number of rotatable bonds is 9. The van der Waals surface area contributed by atoms with Crippen LogP contribution in [0.1, 0.15) is 72.2 Å². The zero-order valence-electron chi connectivity index (χ0n) is 22.5. The first-order valence-corrected chi connectivity index (χ1v) is 13.7. The first-order chi connectivity index (χ1) is 18.9. The van der Waals surface area contributed by atoms with Crippen molar-refractivity contribution < 1.29 is 27.9 Å². The minimum absolute atomic E-state index is 0.0612. The maximum absolute atomic E-state index is 13.7. The van der Waals surface area contributed by atoms with Gasteiger partial charge >= 0.3 is 0 Å². The third kappa shape index (κ3) is 6.50. The Morgan fingerprint density at radius 3 is 2.69 bits per heavy atom. The molecule has 0 spiro atoms. The molecule has 0 unspecified atom stereocenters. The maximum Gasteiger partial charge on any atom is 0.287 e. The molecule has 2 atom stereocenters. The number of hydrogen-bond acceptors (Lipinski definition) is 5. The Hall–Kier alpha value is -3.65. The maximum atomic E-state index is 13.7. The first-order valence-electron chi connectivity index (χ1n) is 13.7. The number of halogens is 1. The second kappa shape index (κ2) is 12.0. The number of ether oxygens (including phenoxy) is 2. The van der Waals surface area contributed by atoms with Gasteiger partial charge in [0.05, 0.1) is 12.1 Å². The molecule has 0 aliphatic carbocycles. The van der Waals surface area contributed by atoms with Crippen molar-refractivity contribution >= 4 is 11.8 Å². The van der Waals surface area contributed by atoms with Gasteiger partial charge < -0.3 is 24.1 Å². The fraction of sp³-hybridized carbons (Fsp3) is 0.419. The van der Waals surface area contributed by atoms with Gasteiger partial charge in [0.15, 0.2) is 5.76 Å². The molecule has 1 saturated heterocycles. The molecule has 206 valence electrons. The molecule has 1 aromatic heterocycles. The fourth-order valence-electron chi connectivity index (χ4n) is 5.25. The van der Waals surface area contributed by atoms with E-state index in [0.29, 0.717) is 31.0 Å². The average Bonchev–Trinajstić information content (AvgIpc) is 3.62. The van der Waals surface area contributed by atoms with Gasteiger partial charge in [0.25, 0.3) is 5.91 Å². The van der Waals surface area contributed by atoms with E-state index in [1.54, 1.807) is 24.3 Å². The zero-order chi connectivity index (χ0) is 27.4. The molecule has 7 nitrogen and oxygen atoms in total. The fourth-order valence-corrected chi connectivity index (χ4v) is 5.25. The van der Waals surface area contributed by atoms with Gasteiger partial charge in [-0.15, -0.1) is 0 Å². The molecule has 1 fully saturated rings. The van der Waals surface area contributed by atoms with Gasteiger partial charge in [0, 0.05) is 26.1 Å². The summed E-state index contributed by atoms with van der Waals surface area (Å²) < 4.78 is 31.0. The van der Waals surface area contributed by atoms with Crippen LogP contribution >= 0.6 is 0 Å². The molecule has 2 amide bonds. The van der Waals surface area contributed by atoms with Gasteiger partial charge in [-0.25, -0.2) is 4.39 Å². The van der Waals surface area contributed by atoms with E-state index >= 15 is 0 Å². The average molecular weight is 535 g/mol. The standard InChI is InChI=1S/C31H35FN2O5/c1-20(2)16-29(35)34-14-13-21-7-10-24(17-27(21)30(34)22-5-8-23(32)9-6-22)38-19-26-11-12-28(39-26)31(36)33-18-25-4-3-15-37-25/h5-12,17,20,25,30H,3-4,13-16,18-19H2,1-2H3,(H,33,36)/t25-,30+/m0/s1. The number of nitrogens with one attached hydrogen (secondary N) is 1. The second-order valence-electron chi connectivity index (χ2n) is 10.6. The summed E-state index contributed by atoms with van der Waals surface area (Å²) in [6, 6.07) is 15.3. The van der Waals surface area contributed by atoms with Crippen LogP contribution in [0.25, 0.3) is 0 Å². The highest BCUT2D eigenvalue weighted by atomic mass is 19.1. The molecule has 2 aromatic carbocycles. The second-order valence-corrected chi connectivity index (χ2v) is 10.6. The van der Waals surface area contributed by atoms with Gasteiger partial charge in [-0.1, -0.05) is 32.0 Å². The molecule has 5 rings (SSSR count). The Bertz CT molecular complexity index is 1300. The van der Waals surface area contributed by atoms with Crippen LogP contribution in [0.15, 0.2) is 59.0 Å². The van der Waals surface area contributed by atoms with E-state index < -0.39 is 0 Å². The van der Waals surface area contributed by atoms with E-state index in [9.17, 15) is 14.0 Å². The van der Waals surface area contributed by atoms with Crippen molar-refractivity contribution in [2.45, 2.75) is 58.3 Å². The monoisotopic (exact) mass is 534 g/mol. The van der Waals surface area contributed by atoms with Crippen LogP contribution in [-0.2, 0) is 22.6 Å². The molecule has 0 bridgehead atoms. The lowest BCUT2D eigenvalue weighted by atomic mass is 9.87. The highest BCUT2D eigenvalue weighted by Gasteiger charge is 2.32. The molecule has 2 aliphatic heterocycles. The summed E-state index contributed by atoms with van der Waals surface area (Å²) in [5.41, 5.74) is 2.96. The van der Waals surface area contributed by atoms with Crippen LogP contribution in [0.2, 0.25) is 0 Å². The molecule has 8 heteroatoms. The molecule has 39 heavy (non-hydrogen) atoms. The molecule has 2 aliphatic rings. The lowest BCUT2D eigenvalue weighted by Gasteiger charge is -2.38. The van der Waals surface area contributed by atoms with E-state index in [2.05, 4.69) is 5.32 Å². The highest BCUT2D eigenvalue weighted by Crippen LogP contribution is 2.38. The Morgan fingerprint density at radius 2 is 1.95 bits per heavy atom. The number of carbonyl (C=O) groups is 2. The molecular weight excluding hydrogens is 499 g/mol. The van der Waals surface area contributed by atoms with Crippen molar-refractivity contribution in [2.75, 3.05) is 19.7 Å². The lowest BCUT2D eigenvalue weighted by molar-refractivity contribution is -0.134. The predicted octanol–water partition coefficient (Wildman–Crippen LogP) is 5.43. The van der Waals surface area contributed by atoms with Crippen molar-refractivity contribution in [2.24, 2.45) is 5.92 Å². The van der Waals surface area contributed by atoms with Gasteiger partial charge in [0.2, 0.25) is 5.91 Å². The number of hydrogen-bond donors (Lipinski definition) is 1. The summed E-state index contributed by atoms with van der Waals surface area (Å²) in [4.78, 5) is 27.5. The van der Waals surface area contributed by atoms with E-state index in [1.165, 1.54) is 12.1 Å². The van der Waals surface area contributed by atoms with Crippen LogP contribution in [0.3, 0.4) is 0 Å².